The molecule has 1 aromatic heterocycles. The molecule has 0 fully saturated rings. The fourth-order valence-electron chi connectivity index (χ4n) is 1.70. The van der Waals surface area contributed by atoms with Gasteiger partial charge in [-0.1, -0.05) is 6.07 Å². The zero-order valence-corrected chi connectivity index (χ0v) is 10.9. The van der Waals surface area contributed by atoms with Crippen molar-refractivity contribution >= 4 is 23.5 Å². The van der Waals surface area contributed by atoms with E-state index in [-0.39, 0.29) is 22.6 Å². The van der Waals surface area contributed by atoms with E-state index in [4.69, 9.17) is 10.2 Å². The van der Waals surface area contributed by atoms with Crippen LogP contribution in [0.1, 0.15) is 36.9 Å². The quantitative estimate of drug-likeness (QED) is 0.672. The molecule has 0 aliphatic heterocycles. The molecule has 1 amide bonds. The van der Waals surface area contributed by atoms with Gasteiger partial charge in [-0.15, -0.1) is 0 Å². The lowest BCUT2D eigenvalue weighted by atomic mass is 10.1. The van der Waals surface area contributed by atoms with Gasteiger partial charge >= 0.3 is 11.9 Å². The van der Waals surface area contributed by atoms with Crippen LogP contribution in [0.15, 0.2) is 24.5 Å². The van der Waals surface area contributed by atoms with E-state index in [9.17, 15) is 14.4 Å². The first-order valence-electron chi connectivity index (χ1n) is 5.82. The number of hydrogen-bond acceptors (Lipinski definition) is 4. The van der Waals surface area contributed by atoms with Gasteiger partial charge in [-0.3, -0.25) is 4.79 Å². The molecule has 8 nitrogen and oxygen atoms in total. The summed E-state index contributed by atoms with van der Waals surface area (Å²) in [6.07, 6.45) is 1.10. The van der Waals surface area contributed by atoms with E-state index in [0.717, 1.165) is 6.33 Å². The Morgan fingerprint density at radius 2 is 1.90 bits per heavy atom. The molecule has 2 aromatic rings. The number of anilines is 1. The molecule has 0 bridgehead atoms. The standard InChI is InChI=1S/C13H11N3O5/c1-6-2-3-7(12(18)19)4-8(6)16-11(17)9-10(13(20)21)15-5-14-9/h2-5H,1H3,(H,14,15)(H,16,17)(H,18,19)(H,20,21). The van der Waals surface area contributed by atoms with Crippen LogP contribution in [-0.2, 0) is 0 Å². The first kappa shape index (κ1) is 14.3. The van der Waals surface area contributed by atoms with Crippen molar-refractivity contribution in [2.45, 2.75) is 6.92 Å². The van der Waals surface area contributed by atoms with Crippen molar-refractivity contribution in [2.24, 2.45) is 0 Å². The highest BCUT2D eigenvalue weighted by molar-refractivity contribution is 6.09. The number of aromatic amines is 1. The monoisotopic (exact) mass is 289 g/mol. The fraction of sp³-hybridized carbons (Fsp3) is 0.0769. The smallest absolute Gasteiger partial charge is 0.354 e. The molecule has 2 rings (SSSR count). The van der Waals surface area contributed by atoms with Crippen molar-refractivity contribution in [3.63, 3.8) is 0 Å². The molecule has 0 atom stereocenters. The average molecular weight is 289 g/mol. The number of carboxylic acid groups (broad SMARTS) is 2. The topological polar surface area (TPSA) is 132 Å². The first-order chi connectivity index (χ1) is 9.90. The van der Waals surface area contributed by atoms with Crippen LogP contribution in [0.4, 0.5) is 5.69 Å². The second-order valence-electron chi connectivity index (χ2n) is 4.22. The summed E-state index contributed by atoms with van der Waals surface area (Å²) in [6, 6.07) is 4.24. The maximum absolute atomic E-state index is 12.0. The lowest BCUT2D eigenvalue weighted by Crippen LogP contribution is -2.17. The zero-order chi connectivity index (χ0) is 15.6. The number of carboxylic acids is 2. The lowest BCUT2D eigenvalue weighted by molar-refractivity contribution is 0.0681. The van der Waals surface area contributed by atoms with Crippen molar-refractivity contribution < 1.29 is 24.6 Å². The molecule has 0 aliphatic rings. The van der Waals surface area contributed by atoms with Crippen LogP contribution in [0.25, 0.3) is 0 Å². The summed E-state index contributed by atoms with van der Waals surface area (Å²) in [7, 11) is 0. The Morgan fingerprint density at radius 1 is 1.19 bits per heavy atom. The Hall–Kier alpha value is -3.16. The summed E-state index contributed by atoms with van der Waals surface area (Å²) >= 11 is 0. The number of hydrogen-bond donors (Lipinski definition) is 4. The molecule has 21 heavy (non-hydrogen) atoms. The molecule has 0 radical (unpaired) electrons. The van der Waals surface area contributed by atoms with Gasteiger partial charge in [0.2, 0.25) is 0 Å². The Kier molecular flexibility index (Phi) is 3.70. The third kappa shape index (κ3) is 2.89. The number of aromatic nitrogens is 2. The van der Waals surface area contributed by atoms with Crippen molar-refractivity contribution in [1.29, 1.82) is 0 Å². The van der Waals surface area contributed by atoms with Gasteiger partial charge in [0.15, 0.2) is 11.4 Å². The zero-order valence-electron chi connectivity index (χ0n) is 10.9. The van der Waals surface area contributed by atoms with E-state index < -0.39 is 17.8 Å². The van der Waals surface area contributed by atoms with E-state index in [0.29, 0.717) is 5.56 Å². The maximum atomic E-state index is 12.0. The van der Waals surface area contributed by atoms with Crippen molar-refractivity contribution in [3.05, 3.63) is 47.0 Å². The Labute approximate surface area is 118 Å². The minimum atomic E-state index is -1.31. The normalized spacial score (nSPS) is 10.1. The van der Waals surface area contributed by atoms with Gasteiger partial charge in [0.25, 0.3) is 5.91 Å². The molecule has 0 aliphatic carbocycles. The number of carbonyl (C=O) groups excluding carboxylic acids is 1. The summed E-state index contributed by atoms with van der Waals surface area (Å²) in [5, 5.41) is 20.3. The summed E-state index contributed by atoms with van der Waals surface area (Å²) in [4.78, 5) is 39.9. The highest BCUT2D eigenvalue weighted by Crippen LogP contribution is 2.18. The number of H-pyrrole nitrogens is 1. The number of rotatable bonds is 4. The highest BCUT2D eigenvalue weighted by atomic mass is 16.4. The molecular weight excluding hydrogens is 278 g/mol. The predicted octanol–water partition coefficient (Wildman–Crippen LogP) is 1.37. The Bertz CT molecular complexity index is 735. The SMILES string of the molecule is Cc1ccc(C(=O)O)cc1NC(=O)c1nc[nH]c1C(=O)O. The number of carbonyl (C=O) groups is 3. The summed E-state index contributed by atoms with van der Waals surface area (Å²) in [6.45, 7) is 1.68. The van der Waals surface area contributed by atoms with Crippen molar-refractivity contribution in [2.75, 3.05) is 5.32 Å². The Morgan fingerprint density at radius 3 is 2.52 bits per heavy atom. The van der Waals surface area contributed by atoms with Gasteiger partial charge in [-0.2, -0.15) is 0 Å². The minimum absolute atomic E-state index is 0.0105. The van der Waals surface area contributed by atoms with Gasteiger partial charge in [-0.25, -0.2) is 14.6 Å². The number of benzene rings is 1. The molecule has 1 heterocycles. The summed E-state index contributed by atoms with van der Waals surface area (Å²) < 4.78 is 0. The van der Waals surface area contributed by atoms with Crippen LogP contribution in [0.2, 0.25) is 0 Å². The van der Waals surface area contributed by atoms with E-state index in [1.807, 2.05) is 0 Å². The summed E-state index contributed by atoms with van der Waals surface area (Å²) in [5.41, 5.74) is 0.318. The molecule has 0 saturated heterocycles. The van der Waals surface area contributed by atoms with Gasteiger partial charge in [-0.05, 0) is 24.6 Å². The molecule has 1 aromatic carbocycles. The van der Waals surface area contributed by atoms with Gasteiger partial charge in [0.1, 0.15) is 0 Å². The first-order valence-corrected chi connectivity index (χ1v) is 5.82. The second kappa shape index (κ2) is 5.45. The van der Waals surface area contributed by atoms with E-state index >= 15 is 0 Å². The van der Waals surface area contributed by atoms with E-state index in [1.54, 1.807) is 13.0 Å². The minimum Gasteiger partial charge on any atom is -0.478 e. The fourth-order valence-corrected chi connectivity index (χ4v) is 1.70. The van der Waals surface area contributed by atoms with Gasteiger partial charge in [0.05, 0.1) is 11.9 Å². The molecule has 0 unspecified atom stereocenters. The summed E-state index contributed by atoms with van der Waals surface area (Å²) in [5.74, 6) is -3.18. The largest absolute Gasteiger partial charge is 0.478 e. The predicted molar refractivity (Wildman–Crippen MR) is 71.6 cm³/mol. The van der Waals surface area contributed by atoms with Gasteiger partial charge < -0.3 is 20.5 Å². The molecular formula is C13H11N3O5. The van der Waals surface area contributed by atoms with Crippen LogP contribution in [0.3, 0.4) is 0 Å². The number of amides is 1. The maximum Gasteiger partial charge on any atom is 0.354 e. The number of aromatic carboxylic acids is 2. The van der Waals surface area contributed by atoms with Crippen LogP contribution in [0, 0.1) is 6.92 Å². The van der Waals surface area contributed by atoms with Crippen LogP contribution >= 0.6 is 0 Å². The lowest BCUT2D eigenvalue weighted by Gasteiger charge is -2.08. The number of nitrogens with zero attached hydrogens (tertiary/aromatic N) is 1. The third-order valence-corrected chi connectivity index (χ3v) is 2.80. The number of aryl methyl sites for hydroxylation is 1. The number of nitrogens with one attached hydrogen (secondary N) is 2. The van der Waals surface area contributed by atoms with Crippen LogP contribution < -0.4 is 5.32 Å². The van der Waals surface area contributed by atoms with Crippen LogP contribution in [-0.4, -0.2) is 38.0 Å². The van der Waals surface area contributed by atoms with Crippen LogP contribution in [0.5, 0.6) is 0 Å². The number of imidazole rings is 1. The molecule has 0 spiro atoms. The average Bonchev–Trinajstić information content (AvgIpc) is 2.90. The third-order valence-electron chi connectivity index (χ3n) is 2.80. The van der Waals surface area contributed by atoms with E-state index in [1.165, 1.54) is 12.1 Å². The highest BCUT2D eigenvalue weighted by Gasteiger charge is 2.20. The van der Waals surface area contributed by atoms with Gasteiger partial charge in [0, 0.05) is 5.69 Å². The molecule has 4 N–H and O–H groups in total. The Balaban J connectivity index is 2.31. The van der Waals surface area contributed by atoms with E-state index in [2.05, 4.69) is 15.3 Å². The molecule has 108 valence electrons. The molecule has 0 saturated carbocycles. The van der Waals surface area contributed by atoms with Crippen molar-refractivity contribution in [1.82, 2.24) is 9.97 Å². The van der Waals surface area contributed by atoms with Crippen molar-refractivity contribution in [3.8, 4) is 0 Å². The second-order valence-corrected chi connectivity index (χ2v) is 4.22. The molecule has 8 heteroatoms.